The van der Waals surface area contributed by atoms with Gasteiger partial charge in [-0.25, -0.2) is 9.78 Å². The molecular weight excluding hydrogens is 412 g/mol. The van der Waals surface area contributed by atoms with Gasteiger partial charge in [0.25, 0.3) is 0 Å². The van der Waals surface area contributed by atoms with Gasteiger partial charge in [-0.05, 0) is 17.9 Å². The topological polar surface area (TPSA) is 115 Å². The maximum atomic E-state index is 12.5. The summed E-state index contributed by atoms with van der Waals surface area (Å²) in [5.41, 5.74) is 2.88. The standard InChI is InChI=1S/C23H32N4O5/c1-14(2)19(27-23(29)30-4)21(28)25-12-15(3)20-24-13-18(26-20)16-6-8-17(9-7-16)22-31-10-5-11-32-22/h6-9,13-15,19,22H,5,10-12H2,1-4H3,(H,24,26)(H,25,28)(H,27,29)/t15-,19-/m1/s1. The normalized spacial score (nSPS) is 16.4. The molecule has 32 heavy (non-hydrogen) atoms. The average Bonchev–Trinajstić information content (AvgIpc) is 3.31. The lowest BCUT2D eigenvalue weighted by molar-refractivity contribution is -0.183. The first-order chi connectivity index (χ1) is 15.4. The molecule has 1 aromatic carbocycles. The first-order valence-corrected chi connectivity index (χ1v) is 10.9. The third-order valence-corrected chi connectivity index (χ3v) is 5.37. The van der Waals surface area contributed by atoms with E-state index in [-0.39, 0.29) is 24.0 Å². The zero-order valence-electron chi connectivity index (χ0n) is 19.0. The molecule has 0 aliphatic carbocycles. The monoisotopic (exact) mass is 444 g/mol. The zero-order valence-corrected chi connectivity index (χ0v) is 19.0. The number of imidazole rings is 1. The molecule has 1 saturated heterocycles. The van der Waals surface area contributed by atoms with E-state index in [0.717, 1.165) is 29.1 Å². The van der Waals surface area contributed by atoms with Crippen molar-refractivity contribution in [1.82, 2.24) is 20.6 Å². The minimum Gasteiger partial charge on any atom is -0.453 e. The highest BCUT2D eigenvalue weighted by molar-refractivity contribution is 5.85. The second kappa shape index (κ2) is 11.1. The molecule has 2 atom stereocenters. The van der Waals surface area contributed by atoms with Crippen molar-refractivity contribution >= 4 is 12.0 Å². The van der Waals surface area contributed by atoms with Crippen LogP contribution >= 0.6 is 0 Å². The molecule has 0 saturated carbocycles. The van der Waals surface area contributed by atoms with Crippen LogP contribution in [0.15, 0.2) is 30.5 Å². The van der Waals surface area contributed by atoms with Crippen LogP contribution in [-0.2, 0) is 19.0 Å². The number of hydrogen-bond donors (Lipinski definition) is 3. The number of nitrogens with zero attached hydrogens (tertiary/aromatic N) is 1. The minimum absolute atomic E-state index is 0.0399. The summed E-state index contributed by atoms with van der Waals surface area (Å²) in [6.45, 7) is 7.50. The van der Waals surface area contributed by atoms with E-state index in [0.29, 0.717) is 19.8 Å². The molecule has 9 nitrogen and oxygen atoms in total. The van der Waals surface area contributed by atoms with E-state index in [9.17, 15) is 9.59 Å². The van der Waals surface area contributed by atoms with E-state index >= 15 is 0 Å². The lowest BCUT2D eigenvalue weighted by Gasteiger charge is -2.23. The van der Waals surface area contributed by atoms with Gasteiger partial charge < -0.3 is 29.8 Å². The van der Waals surface area contributed by atoms with Gasteiger partial charge in [0.05, 0.1) is 32.2 Å². The molecule has 0 spiro atoms. The van der Waals surface area contributed by atoms with Crippen molar-refractivity contribution in [1.29, 1.82) is 0 Å². The van der Waals surface area contributed by atoms with Crippen molar-refractivity contribution in [3.05, 3.63) is 41.9 Å². The Hall–Kier alpha value is -2.91. The fourth-order valence-corrected chi connectivity index (χ4v) is 3.41. The van der Waals surface area contributed by atoms with Crippen molar-refractivity contribution in [3.63, 3.8) is 0 Å². The van der Waals surface area contributed by atoms with Gasteiger partial charge in [-0.15, -0.1) is 0 Å². The molecule has 3 rings (SSSR count). The van der Waals surface area contributed by atoms with Crippen LogP contribution in [0.5, 0.6) is 0 Å². The molecule has 0 bridgehead atoms. The molecule has 2 aromatic rings. The Morgan fingerprint density at radius 2 is 1.88 bits per heavy atom. The Morgan fingerprint density at radius 3 is 2.50 bits per heavy atom. The average molecular weight is 445 g/mol. The summed E-state index contributed by atoms with van der Waals surface area (Å²) in [5.74, 6) is 0.395. The van der Waals surface area contributed by atoms with Gasteiger partial charge in [0.15, 0.2) is 6.29 Å². The molecule has 2 amide bonds. The van der Waals surface area contributed by atoms with Gasteiger partial charge >= 0.3 is 6.09 Å². The number of aromatic amines is 1. The van der Waals surface area contributed by atoms with Crippen molar-refractivity contribution in [2.24, 2.45) is 5.92 Å². The number of amides is 2. The van der Waals surface area contributed by atoms with Crippen LogP contribution in [0.3, 0.4) is 0 Å². The van der Waals surface area contributed by atoms with Crippen molar-refractivity contribution in [2.45, 2.75) is 45.4 Å². The number of alkyl carbamates (subject to hydrolysis) is 1. The summed E-state index contributed by atoms with van der Waals surface area (Å²) in [5, 5.41) is 5.46. The van der Waals surface area contributed by atoms with Gasteiger partial charge in [0.1, 0.15) is 11.9 Å². The minimum atomic E-state index is -0.669. The van der Waals surface area contributed by atoms with Crippen molar-refractivity contribution in [2.75, 3.05) is 26.9 Å². The first-order valence-electron chi connectivity index (χ1n) is 10.9. The van der Waals surface area contributed by atoms with Crippen LogP contribution < -0.4 is 10.6 Å². The maximum Gasteiger partial charge on any atom is 0.407 e. The summed E-state index contributed by atoms with van der Waals surface area (Å²) in [6, 6.07) is 7.33. The Morgan fingerprint density at radius 1 is 1.19 bits per heavy atom. The molecule has 1 fully saturated rings. The van der Waals surface area contributed by atoms with Crippen LogP contribution in [0.25, 0.3) is 11.3 Å². The third-order valence-electron chi connectivity index (χ3n) is 5.37. The van der Waals surface area contributed by atoms with Gasteiger partial charge in [-0.3, -0.25) is 4.79 Å². The predicted molar refractivity (Wildman–Crippen MR) is 119 cm³/mol. The first kappa shape index (κ1) is 23.7. The molecule has 0 radical (unpaired) electrons. The number of carbonyl (C=O) groups is 2. The number of carbonyl (C=O) groups excluding carboxylic acids is 2. The summed E-state index contributed by atoms with van der Waals surface area (Å²) in [6.07, 6.45) is 1.77. The summed E-state index contributed by atoms with van der Waals surface area (Å²) >= 11 is 0. The molecule has 3 N–H and O–H groups in total. The lowest BCUT2D eigenvalue weighted by Crippen LogP contribution is -2.50. The number of hydrogen-bond acceptors (Lipinski definition) is 6. The maximum absolute atomic E-state index is 12.5. The molecule has 1 aliphatic heterocycles. The second-order valence-corrected chi connectivity index (χ2v) is 8.23. The van der Waals surface area contributed by atoms with E-state index in [4.69, 9.17) is 9.47 Å². The number of rotatable bonds is 8. The Balaban J connectivity index is 1.57. The van der Waals surface area contributed by atoms with Gasteiger partial charge in [0.2, 0.25) is 5.91 Å². The SMILES string of the molecule is COC(=O)N[C@@H](C(=O)NC[C@@H](C)c1ncc(-c2ccc(C3OCCCO3)cc2)[nH]1)C(C)C. The van der Waals surface area contributed by atoms with Crippen LogP contribution in [0, 0.1) is 5.92 Å². The summed E-state index contributed by atoms with van der Waals surface area (Å²) < 4.78 is 15.9. The van der Waals surface area contributed by atoms with Gasteiger partial charge in [-0.2, -0.15) is 0 Å². The highest BCUT2D eigenvalue weighted by Crippen LogP contribution is 2.26. The van der Waals surface area contributed by atoms with Crippen LogP contribution in [0.2, 0.25) is 0 Å². The van der Waals surface area contributed by atoms with Gasteiger partial charge in [-0.1, -0.05) is 45.0 Å². The Kier molecular flexibility index (Phi) is 8.24. The Labute approximate surface area is 188 Å². The van der Waals surface area contributed by atoms with E-state index in [1.54, 1.807) is 6.20 Å². The van der Waals surface area contributed by atoms with E-state index in [2.05, 4.69) is 25.3 Å². The quantitative estimate of drug-likeness (QED) is 0.576. The number of methoxy groups -OCH3 is 1. The number of benzene rings is 1. The number of ether oxygens (including phenoxy) is 3. The van der Waals surface area contributed by atoms with Crippen LogP contribution in [0.4, 0.5) is 4.79 Å². The molecule has 1 aliphatic rings. The second-order valence-electron chi connectivity index (χ2n) is 8.23. The van der Waals surface area contributed by atoms with Gasteiger partial charge in [0, 0.05) is 18.0 Å². The highest BCUT2D eigenvalue weighted by Gasteiger charge is 2.25. The summed E-state index contributed by atoms with van der Waals surface area (Å²) in [7, 11) is 1.27. The van der Waals surface area contributed by atoms with E-state index < -0.39 is 12.1 Å². The molecule has 9 heteroatoms. The predicted octanol–water partition coefficient (Wildman–Crippen LogP) is 3.11. The van der Waals surface area contributed by atoms with E-state index in [1.165, 1.54) is 7.11 Å². The molecular formula is C23H32N4O5. The molecule has 0 unspecified atom stereocenters. The zero-order chi connectivity index (χ0) is 23.1. The largest absolute Gasteiger partial charge is 0.453 e. The highest BCUT2D eigenvalue weighted by atomic mass is 16.7. The van der Waals surface area contributed by atoms with Crippen molar-refractivity contribution < 1.29 is 23.8 Å². The molecule has 1 aromatic heterocycles. The van der Waals surface area contributed by atoms with Crippen molar-refractivity contribution in [3.8, 4) is 11.3 Å². The number of H-pyrrole nitrogens is 1. The third kappa shape index (κ3) is 6.08. The van der Waals surface area contributed by atoms with Crippen LogP contribution in [0.1, 0.15) is 50.8 Å². The fourth-order valence-electron chi connectivity index (χ4n) is 3.41. The smallest absolute Gasteiger partial charge is 0.407 e. The molecule has 174 valence electrons. The number of aromatic nitrogens is 2. The van der Waals surface area contributed by atoms with Crippen LogP contribution in [-0.4, -0.2) is 54.9 Å². The fraction of sp³-hybridized carbons (Fsp3) is 0.522. The lowest BCUT2D eigenvalue weighted by atomic mass is 10.0. The van der Waals surface area contributed by atoms with E-state index in [1.807, 2.05) is 45.0 Å². The molecule has 2 heterocycles. The Bertz CT molecular complexity index is 890. The summed E-state index contributed by atoms with van der Waals surface area (Å²) in [4.78, 5) is 31.8. The number of nitrogens with one attached hydrogen (secondary N) is 3.